The molecule has 2 aliphatic rings. The lowest BCUT2D eigenvalue weighted by Crippen LogP contribution is -2.57. The van der Waals surface area contributed by atoms with E-state index in [1.807, 2.05) is 0 Å². The van der Waals surface area contributed by atoms with E-state index >= 15 is 0 Å². The fraction of sp³-hybridized carbons (Fsp3) is 0.438. The summed E-state index contributed by atoms with van der Waals surface area (Å²) in [5.41, 5.74) is -0.908. The van der Waals surface area contributed by atoms with Crippen LogP contribution in [-0.4, -0.2) is 47.5 Å². The van der Waals surface area contributed by atoms with Crippen molar-refractivity contribution in [2.24, 2.45) is 0 Å². The summed E-state index contributed by atoms with van der Waals surface area (Å²) in [5.74, 6) is -0.512. The Kier molecular flexibility index (Phi) is 4.13. The Morgan fingerprint density at radius 2 is 1.88 bits per heavy atom. The van der Waals surface area contributed by atoms with Gasteiger partial charge in [0.2, 0.25) is 0 Å². The van der Waals surface area contributed by atoms with E-state index in [4.69, 9.17) is 4.74 Å². The van der Waals surface area contributed by atoms with Crippen LogP contribution in [0.15, 0.2) is 24.3 Å². The highest BCUT2D eigenvalue weighted by Crippen LogP contribution is 2.26. The van der Waals surface area contributed by atoms with Crippen LogP contribution in [0.4, 0.5) is 9.18 Å². The van der Waals surface area contributed by atoms with Gasteiger partial charge in [-0.1, -0.05) is 0 Å². The molecule has 2 heterocycles. The van der Waals surface area contributed by atoms with Gasteiger partial charge in [-0.3, -0.25) is 14.9 Å². The molecule has 0 aliphatic carbocycles. The van der Waals surface area contributed by atoms with Crippen molar-refractivity contribution in [3.05, 3.63) is 30.1 Å². The number of benzene rings is 1. The molecule has 1 aromatic rings. The number of likely N-dealkylation sites (tertiary alicyclic amines) is 1. The van der Waals surface area contributed by atoms with E-state index in [9.17, 15) is 18.8 Å². The van der Waals surface area contributed by atoms with Crippen molar-refractivity contribution in [2.45, 2.75) is 31.4 Å². The number of nitrogens with zero attached hydrogens (tertiary/aromatic N) is 1. The van der Waals surface area contributed by atoms with Gasteiger partial charge in [-0.2, -0.15) is 0 Å². The zero-order valence-corrected chi connectivity index (χ0v) is 13.2. The average molecular weight is 335 g/mol. The Morgan fingerprint density at radius 1 is 1.25 bits per heavy atom. The molecule has 1 atom stereocenters. The quantitative estimate of drug-likeness (QED) is 0.800. The molecule has 2 fully saturated rings. The molecule has 1 spiro atoms. The van der Waals surface area contributed by atoms with Crippen LogP contribution in [0.25, 0.3) is 0 Å². The highest BCUT2D eigenvalue weighted by Gasteiger charge is 2.48. The summed E-state index contributed by atoms with van der Waals surface area (Å²) in [6, 6.07) is 4.95. The summed E-state index contributed by atoms with van der Waals surface area (Å²) in [6.45, 7) is 2.33. The van der Waals surface area contributed by atoms with Gasteiger partial charge in [-0.05, 0) is 44.0 Å². The van der Waals surface area contributed by atoms with Crippen LogP contribution in [0.2, 0.25) is 0 Å². The van der Waals surface area contributed by atoms with Gasteiger partial charge in [0.1, 0.15) is 17.1 Å². The van der Waals surface area contributed by atoms with E-state index in [-0.39, 0.29) is 17.6 Å². The molecule has 0 bridgehead atoms. The molecule has 0 radical (unpaired) electrons. The highest BCUT2D eigenvalue weighted by molar-refractivity contribution is 6.07. The first kappa shape index (κ1) is 16.2. The normalized spacial score (nSPS) is 20.5. The number of nitrogens with one attached hydrogen (secondary N) is 2. The van der Waals surface area contributed by atoms with Gasteiger partial charge in [0.15, 0.2) is 6.10 Å². The number of rotatable bonds is 3. The van der Waals surface area contributed by atoms with Gasteiger partial charge in [-0.15, -0.1) is 0 Å². The Balaban J connectivity index is 1.57. The number of hydrogen-bond donors (Lipinski definition) is 2. The number of piperidine rings is 1. The van der Waals surface area contributed by atoms with Gasteiger partial charge in [0.05, 0.1) is 0 Å². The third kappa shape index (κ3) is 3.04. The van der Waals surface area contributed by atoms with Gasteiger partial charge in [0.25, 0.3) is 11.8 Å². The molecule has 2 saturated heterocycles. The van der Waals surface area contributed by atoms with E-state index in [1.54, 1.807) is 11.8 Å². The minimum atomic E-state index is -0.908. The Bertz CT molecular complexity index is 668. The number of urea groups is 1. The lowest BCUT2D eigenvalue weighted by Gasteiger charge is -2.37. The zero-order valence-electron chi connectivity index (χ0n) is 13.2. The van der Waals surface area contributed by atoms with Crippen molar-refractivity contribution < 1.29 is 23.5 Å². The van der Waals surface area contributed by atoms with Gasteiger partial charge >= 0.3 is 6.03 Å². The van der Waals surface area contributed by atoms with E-state index in [2.05, 4.69) is 10.6 Å². The summed E-state index contributed by atoms with van der Waals surface area (Å²) < 4.78 is 18.4. The summed E-state index contributed by atoms with van der Waals surface area (Å²) in [4.78, 5) is 37.3. The summed E-state index contributed by atoms with van der Waals surface area (Å²) >= 11 is 0. The first-order valence-corrected chi connectivity index (χ1v) is 7.74. The minimum absolute atomic E-state index is 0.209. The number of halogens is 1. The van der Waals surface area contributed by atoms with E-state index in [1.165, 1.54) is 24.3 Å². The van der Waals surface area contributed by atoms with Crippen molar-refractivity contribution in [2.75, 3.05) is 13.1 Å². The monoisotopic (exact) mass is 335 g/mol. The molecule has 1 aromatic carbocycles. The standard InChI is InChI=1S/C16H18FN3O4/c1-10(24-12-4-2-11(17)3-5-12)13(21)20-8-6-16(7-9-20)14(22)18-15(23)19-16/h2-5,10H,6-9H2,1H3,(H2,18,19,22,23). The van der Waals surface area contributed by atoms with Gasteiger partial charge in [0, 0.05) is 13.1 Å². The fourth-order valence-electron chi connectivity index (χ4n) is 3.01. The summed E-state index contributed by atoms with van der Waals surface area (Å²) in [6.07, 6.45) is -0.00406. The van der Waals surface area contributed by atoms with Crippen LogP contribution >= 0.6 is 0 Å². The van der Waals surface area contributed by atoms with Crippen LogP contribution in [-0.2, 0) is 9.59 Å². The predicted molar refractivity (Wildman–Crippen MR) is 81.7 cm³/mol. The maximum Gasteiger partial charge on any atom is 0.322 e. The minimum Gasteiger partial charge on any atom is -0.481 e. The highest BCUT2D eigenvalue weighted by atomic mass is 19.1. The van der Waals surface area contributed by atoms with Crippen molar-refractivity contribution in [1.29, 1.82) is 0 Å². The SMILES string of the molecule is CC(Oc1ccc(F)cc1)C(=O)N1CCC2(CC1)NC(=O)NC2=O. The number of imide groups is 1. The lowest BCUT2D eigenvalue weighted by atomic mass is 9.87. The van der Waals surface area contributed by atoms with E-state index in [0.717, 1.165) is 0 Å². The van der Waals surface area contributed by atoms with Crippen LogP contribution in [0.5, 0.6) is 5.75 Å². The topological polar surface area (TPSA) is 87.7 Å². The summed E-state index contributed by atoms with van der Waals surface area (Å²) in [5, 5.41) is 4.88. The molecule has 7 nitrogen and oxygen atoms in total. The number of hydrogen-bond acceptors (Lipinski definition) is 4. The summed E-state index contributed by atoms with van der Waals surface area (Å²) in [7, 11) is 0. The smallest absolute Gasteiger partial charge is 0.322 e. The van der Waals surface area contributed by atoms with E-state index in [0.29, 0.717) is 31.7 Å². The van der Waals surface area contributed by atoms with Crippen LogP contribution < -0.4 is 15.4 Å². The van der Waals surface area contributed by atoms with Crippen LogP contribution in [0.3, 0.4) is 0 Å². The number of carbonyl (C=O) groups is 3. The van der Waals surface area contributed by atoms with Crippen molar-refractivity contribution in [3.8, 4) is 5.75 Å². The van der Waals surface area contributed by atoms with Crippen LogP contribution in [0, 0.1) is 5.82 Å². The Hall–Kier alpha value is -2.64. The van der Waals surface area contributed by atoms with E-state index < -0.39 is 17.7 Å². The van der Waals surface area contributed by atoms with Crippen molar-refractivity contribution >= 4 is 17.8 Å². The second-order valence-corrected chi connectivity index (χ2v) is 6.03. The molecule has 2 N–H and O–H groups in total. The molecule has 0 saturated carbocycles. The Morgan fingerprint density at radius 3 is 2.42 bits per heavy atom. The average Bonchev–Trinajstić information content (AvgIpc) is 2.83. The molecule has 0 aromatic heterocycles. The maximum atomic E-state index is 12.9. The molecular weight excluding hydrogens is 317 g/mol. The molecule has 3 rings (SSSR count). The van der Waals surface area contributed by atoms with Gasteiger partial charge < -0.3 is 15.0 Å². The zero-order chi connectivity index (χ0) is 17.3. The molecule has 1 unspecified atom stereocenters. The number of ether oxygens (including phenoxy) is 1. The molecular formula is C16H18FN3O4. The lowest BCUT2D eigenvalue weighted by molar-refractivity contribution is -0.141. The third-order valence-electron chi connectivity index (χ3n) is 4.42. The third-order valence-corrected chi connectivity index (χ3v) is 4.42. The fourth-order valence-corrected chi connectivity index (χ4v) is 3.01. The largest absolute Gasteiger partial charge is 0.481 e. The molecule has 2 aliphatic heterocycles. The second-order valence-electron chi connectivity index (χ2n) is 6.03. The second kappa shape index (κ2) is 6.10. The first-order chi connectivity index (χ1) is 11.4. The van der Waals surface area contributed by atoms with Gasteiger partial charge in [-0.25, -0.2) is 9.18 Å². The van der Waals surface area contributed by atoms with Crippen LogP contribution in [0.1, 0.15) is 19.8 Å². The van der Waals surface area contributed by atoms with Crippen molar-refractivity contribution in [3.63, 3.8) is 0 Å². The number of carbonyl (C=O) groups excluding carboxylic acids is 3. The van der Waals surface area contributed by atoms with Crippen molar-refractivity contribution in [1.82, 2.24) is 15.5 Å². The maximum absolute atomic E-state index is 12.9. The predicted octanol–water partition coefficient (Wildman–Crippen LogP) is 0.794. The number of amides is 4. The Labute approximate surface area is 138 Å². The molecule has 128 valence electrons. The first-order valence-electron chi connectivity index (χ1n) is 7.74. The molecule has 24 heavy (non-hydrogen) atoms. The molecule has 4 amide bonds. The molecule has 8 heteroatoms.